The van der Waals surface area contributed by atoms with E-state index < -0.39 is 0 Å². The summed E-state index contributed by atoms with van der Waals surface area (Å²) in [6.45, 7) is 4.41. The molecule has 0 radical (unpaired) electrons. The molecule has 7 nitrogen and oxygen atoms in total. The van der Waals surface area contributed by atoms with Gasteiger partial charge in [0.15, 0.2) is 0 Å². The number of ether oxygens (including phenoxy) is 1. The van der Waals surface area contributed by atoms with Crippen molar-refractivity contribution in [1.82, 2.24) is 30.3 Å². The Balaban J connectivity index is 1.45. The zero-order valence-corrected chi connectivity index (χ0v) is 19.6. The number of hydrogen-bond donors (Lipinski definition) is 1. The van der Waals surface area contributed by atoms with Crippen LogP contribution in [0.3, 0.4) is 0 Å². The van der Waals surface area contributed by atoms with E-state index in [0.29, 0.717) is 30.6 Å². The quantitative estimate of drug-likeness (QED) is 0.484. The smallest absolute Gasteiger partial charge is 0.218 e. The summed E-state index contributed by atoms with van der Waals surface area (Å²) in [5, 5.41) is 14.4. The molecule has 162 valence electrons. The molecule has 0 amide bonds. The summed E-state index contributed by atoms with van der Waals surface area (Å²) < 4.78 is 8.81. The average molecular weight is 504 g/mol. The largest absolute Gasteiger partial charge is 0.472 e. The molecule has 3 heterocycles. The third-order valence-electron chi connectivity index (χ3n) is 5.01. The predicted molar refractivity (Wildman–Crippen MR) is 124 cm³/mol. The van der Waals surface area contributed by atoms with Crippen molar-refractivity contribution in [3.05, 3.63) is 63.6 Å². The standard InChI is InChI=1S/C22H24BrClN6O/c1-2-20-21(28-29-30(20)13-15-6-7-15)19(23)14-31-22-16(9-17(24)11-27-22)10-25-12-18-5-3-4-8-26-18/h2-5,8-9,11,15,25H,6-7,10,12-14H2,1H3. The molecule has 0 unspecified atom stereocenters. The third-order valence-corrected chi connectivity index (χ3v) is 5.82. The second-order valence-electron chi connectivity index (χ2n) is 7.47. The fraction of sp³-hybridized carbons (Fsp3) is 0.364. The monoisotopic (exact) mass is 502 g/mol. The summed E-state index contributed by atoms with van der Waals surface area (Å²) in [6, 6.07) is 7.71. The van der Waals surface area contributed by atoms with E-state index in [-0.39, 0.29) is 0 Å². The maximum absolute atomic E-state index is 6.16. The van der Waals surface area contributed by atoms with Gasteiger partial charge in [0, 0.05) is 37.6 Å². The third kappa shape index (κ3) is 5.90. The fourth-order valence-corrected chi connectivity index (χ4v) is 3.81. The van der Waals surface area contributed by atoms with Gasteiger partial charge in [0.2, 0.25) is 5.88 Å². The summed E-state index contributed by atoms with van der Waals surface area (Å²) in [6.07, 6.45) is 7.94. The summed E-state index contributed by atoms with van der Waals surface area (Å²) in [4.78, 5) is 8.69. The molecule has 0 aromatic carbocycles. The van der Waals surface area contributed by atoms with Crippen LogP contribution in [0.2, 0.25) is 5.02 Å². The normalized spacial score (nSPS) is 15.3. The van der Waals surface area contributed by atoms with Crippen LogP contribution in [0.1, 0.15) is 31.0 Å². The zero-order valence-electron chi connectivity index (χ0n) is 17.3. The minimum Gasteiger partial charge on any atom is -0.472 e. The van der Waals surface area contributed by atoms with Gasteiger partial charge in [-0.1, -0.05) is 29.0 Å². The maximum atomic E-state index is 6.16. The molecule has 0 aliphatic heterocycles. The fourth-order valence-electron chi connectivity index (χ4n) is 3.23. The molecule has 4 rings (SSSR count). The summed E-state index contributed by atoms with van der Waals surface area (Å²) in [7, 11) is 0. The van der Waals surface area contributed by atoms with Crippen LogP contribution in [-0.2, 0) is 19.6 Å². The molecule has 1 aliphatic rings. The highest BCUT2D eigenvalue weighted by Gasteiger charge is 2.22. The lowest BCUT2D eigenvalue weighted by Crippen LogP contribution is -2.32. The van der Waals surface area contributed by atoms with E-state index in [0.717, 1.165) is 38.9 Å². The molecule has 31 heavy (non-hydrogen) atoms. The van der Waals surface area contributed by atoms with Crippen molar-refractivity contribution in [1.29, 1.82) is 0 Å². The molecule has 3 aromatic heterocycles. The lowest BCUT2D eigenvalue weighted by molar-refractivity contribution is 0.351. The van der Waals surface area contributed by atoms with Crippen LogP contribution in [0.25, 0.3) is 10.6 Å². The number of hydrogen-bond acceptors (Lipinski definition) is 6. The van der Waals surface area contributed by atoms with Crippen LogP contribution in [0.15, 0.2) is 36.7 Å². The highest BCUT2D eigenvalue weighted by molar-refractivity contribution is 9.14. The van der Waals surface area contributed by atoms with Crippen LogP contribution in [0.5, 0.6) is 5.88 Å². The number of pyridine rings is 2. The van der Waals surface area contributed by atoms with Crippen molar-refractivity contribution < 1.29 is 4.74 Å². The van der Waals surface area contributed by atoms with Crippen LogP contribution in [0.4, 0.5) is 0 Å². The van der Waals surface area contributed by atoms with Crippen molar-refractivity contribution in [2.24, 2.45) is 5.92 Å². The van der Waals surface area contributed by atoms with E-state index in [4.69, 9.17) is 16.3 Å². The first-order chi connectivity index (χ1) is 15.1. The average Bonchev–Trinajstić information content (AvgIpc) is 3.50. The number of nitrogens with zero attached hydrogens (tertiary/aromatic N) is 5. The van der Waals surface area contributed by atoms with Gasteiger partial charge in [0.05, 0.1) is 20.5 Å². The van der Waals surface area contributed by atoms with Crippen molar-refractivity contribution in [3.63, 3.8) is 0 Å². The summed E-state index contributed by atoms with van der Waals surface area (Å²) in [5.41, 5.74) is 1.84. The van der Waals surface area contributed by atoms with Gasteiger partial charge in [-0.3, -0.25) is 4.98 Å². The number of halogens is 2. The van der Waals surface area contributed by atoms with Gasteiger partial charge >= 0.3 is 0 Å². The van der Waals surface area contributed by atoms with E-state index in [9.17, 15) is 0 Å². The molecule has 0 saturated heterocycles. The van der Waals surface area contributed by atoms with Gasteiger partial charge in [-0.15, -0.1) is 5.10 Å². The lowest BCUT2D eigenvalue weighted by atomic mass is 10.2. The molecular formula is C22H24BrClN6O. The first-order valence-electron chi connectivity index (χ1n) is 10.3. The first-order valence-corrected chi connectivity index (χ1v) is 11.4. The second kappa shape index (κ2) is 10.3. The summed E-state index contributed by atoms with van der Waals surface area (Å²) in [5.74, 6) is 1.25. The number of nitrogens with one attached hydrogen (secondary N) is 1. The molecule has 1 aliphatic carbocycles. The van der Waals surface area contributed by atoms with E-state index >= 15 is 0 Å². The Hall–Kier alpha value is -2.29. The molecule has 1 fully saturated rings. The minimum atomic E-state index is 0.296. The Morgan fingerprint density at radius 1 is 1.32 bits per heavy atom. The van der Waals surface area contributed by atoms with E-state index in [1.54, 1.807) is 12.4 Å². The van der Waals surface area contributed by atoms with Crippen LogP contribution in [0, 0.1) is 5.92 Å². The Morgan fingerprint density at radius 3 is 2.94 bits per heavy atom. The molecule has 0 atom stereocenters. The molecular weight excluding hydrogens is 480 g/mol. The Bertz CT molecular complexity index is 1150. The molecule has 1 N–H and O–H groups in total. The van der Waals surface area contributed by atoms with Crippen molar-refractivity contribution in [2.75, 3.05) is 6.61 Å². The van der Waals surface area contributed by atoms with Crippen molar-refractivity contribution in [3.8, 4) is 5.88 Å². The van der Waals surface area contributed by atoms with E-state index in [1.807, 2.05) is 41.9 Å². The van der Waals surface area contributed by atoms with Crippen LogP contribution >= 0.6 is 27.5 Å². The second-order valence-corrected chi connectivity index (χ2v) is 8.87. The van der Waals surface area contributed by atoms with Gasteiger partial charge in [0.1, 0.15) is 12.0 Å². The van der Waals surface area contributed by atoms with Gasteiger partial charge < -0.3 is 10.1 Å². The van der Waals surface area contributed by atoms with Crippen molar-refractivity contribution >= 4 is 38.1 Å². The molecule has 3 aromatic rings. The zero-order chi connectivity index (χ0) is 21.6. The van der Waals surface area contributed by atoms with Gasteiger partial charge in [-0.05, 0) is 59.8 Å². The molecule has 1 saturated carbocycles. The van der Waals surface area contributed by atoms with E-state index in [2.05, 4.69) is 41.5 Å². The minimum absolute atomic E-state index is 0.296. The van der Waals surface area contributed by atoms with Gasteiger partial charge in [-0.2, -0.15) is 0 Å². The van der Waals surface area contributed by atoms with Crippen molar-refractivity contribution in [2.45, 2.75) is 39.4 Å². The first kappa shape index (κ1) is 21.9. The van der Waals surface area contributed by atoms with Gasteiger partial charge in [0.25, 0.3) is 0 Å². The topological polar surface area (TPSA) is 77.8 Å². The van der Waals surface area contributed by atoms with Crippen LogP contribution < -0.4 is 20.8 Å². The number of rotatable bonds is 9. The Kier molecular flexibility index (Phi) is 7.32. The molecule has 0 bridgehead atoms. The van der Waals surface area contributed by atoms with Crippen LogP contribution in [-0.4, -0.2) is 31.6 Å². The Morgan fingerprint density at radius 2 is 2.19 bits per heavy atom. The maximum Gasteiger partial charge on any atom is 0.218 e. The number of aromatic nitrogens is 5. The van der Waals surface area contributed by atoms with E-state index in [1.165, 1.54) is 12.8 Å². The molecule has 0 spiro atoms. The lowest BCUT2D eigenvalue weighted by Gasteiger charge is -2.11. The van der Waals surface area contributed by atoms with Gasteiger partial charge in [-0.25, -0.2) is 9.67 Å². The Labute approximate surface area is 194 Å². The predicted octanol–water partition coefficient (Wildman–Crippen LogP) is 2.80. The molecule has 9 heteroatoms. The highest BCUT2D eigenvalue weighted by Crippen LogP contribution is 2.29. The SMILES string of the molecule is CC=c1c(=C(Br)COc2ncc(Cl)cc2CNCc2ccccn2)nnn1CC1CC1. The summed E-state index contributed by atoms with van der Waals surface area (Å²) >= 11 is 9.79. The highest BCUT2D eigenvalue weighted by atomic mass is 79.9.